The normalized spacial score (nSPS) is 25.9. The van der Waals surface area contributed by atoms with Crippen LogP contribution in [0.3, 0.4) is 0 Å². The van der Waals surface area contributed by atoms with E-state index in [9.17, 15) is 14.4 Å². The van der Waals surface area contributed by atoms with E-state index >= 15 is 0 Å². The van der Waals surface area contributed by atoms with Gasteiger partial charge in [0.2, 0.25) is 5.91 Å². The number of carbonyl (C=O) groups is 3. The Morgan fingerprint density at radius 3 is 2.90 bits per heavy atom. The number of amides is 1. The quantitative estimate of drug-likeness (QED) is 0.722. The van der Waals surface area contributed by atoms with E-state index in [-0.39, 0.29) is 36.5 Å². The molecule has 2 fully saturated rings. The number of nitrogens with one attached hydrogen (secondary N) is 1. The lowest BCUT2D eigenvalue weighted by atomic mass is 9.85. The Kier molecular flexibility index (Phi) is 5.73. The lowest BCUT2D eigenvalue weighted by Gasteiger charge is -2.41. The van der Waals surface area contributed by atoms with Crippen molar-refractivity contribution in [2.24, 2.45) is 5.92 Å². The van der Waals surface area contributed by atoms with Crippen LogP contribution in [0.5, 0.6) is 0 Å². The van der Waals surface area contributed by atoms with Crippen molar-refractivity contribution in [1.29, 1.82) is 0 Å². The molecule has 0 radical (unpaired) electrons. The van der Waals surface area contributed by atoms with Crippen LogP contribution < -0.4 is 5.32 Å². The Hall–Kier alpha value is -1.43. The fraction of sp³-hybridized carbons (Fsp3) is 0.800. The van der Waals surface area contributed by atoms with Gasteiger partial charge in [0, 0.05) is 32.0 Å². The van der Waals surface area contributed by atoms with Gasteiger partial charge in [-0.15, -0.1) is 0 Å². The van der Waals surface area contributed by atoms with Crippen LogP contribution in [-0.4, -0.2) is 54.8 Å². The van der Waals surface area contributed by atoms with Crippen LogP contribution in [0, 0.1) is 5.92 Å². The highest BCUT2D eigenvalue weighted by Crippen LogP contribution is 2.25. The third-order valence-corrected chi connectivity index (χ3v) is 4.22. The van der Waals surface area contributed by atoms with Crippen LogP contribution in [0.25, 0.3) is 0 Å². The molecule has 118 valence electrons. The average molecular weight is 296 g/mol. The lowest BCUT2D eigenvalue weighted by Crippen LogP contribution is -2.54. The van der Waals surface area contributed by atoms with Crippen molar-refractivity contribution < 1.29 is 19.1 Å². The first-order chi connectivity index (χ1) is 10.1. The summed E-state index contributed by atoms with van der Waals surface area (Å²) in [5.41, 5.74) is 0. The molecule has 6 heteroatoms. The average Bonchev–Trinajstić information content (AvgIpc) is 2.46. The second-order valence-electron chi connectivity index (χ2n) is 5.84. The third kappa shape index (κ3) is 4.81. The SMILES string of the molecule is CCOC(=O)CCC(=O)CN1CCC2NC(=O)CCC2C1. The van der Waals surface area contributed by atoms with E-state index in [0.717, 1.165) is 25.9 Å². The summed E-state index contributed by atoms with van der Waals surface area (Å²) in [6.45, 7) is 4.19. The summed E-state index contributed by atoms with van der Waals surface area (Å²) in [5.74, 6) is 0.380. The van der Waals surface area contributed by atoms with Gasteiger partial charge in [0.05, 0.1) is 19.6 Å². The number of hydrogen-bond acceptors (Lipinski definition) is 5. The fourth-order valence-corrected chi connectivity index (χ4v) is 3.13. The first kappa shape index (κ1) is 15.9. The topological polar surface area (TPSA) is 75.7 Å². The molecule has 2 rings (SSSR count). The predicted octanol–water partition coefficient (Wildman–Crippen LogP) is 0.499. The molecule has 1 N–H and O–H groups in total. The van der Waals surface area contributed by atoms with Crippen LogP contribution in [0.1, 0.15) is 39.0 Å². The first-order valence-corrected chi connectivity index (χ1v) is 7.77. The largest absolute Gasteiger partial charge is 0.466 e. The molecule has 0 bridgehead atoms. The maximum absolute atomic E-state index is 11.9. The first-order valence-electron chi connectivity index (χ1n) is 7.77. The Morgan fingerprint density at radius 2 is 2.14 bits per heavy atom. The number of piperidine rings is 2. The van der Waals surface area contributed by atoms with Crippen molar-refractivity contribution in [3.8, 4) is 0 Å². The molecule has 21 heavy (non-hydrogen) atoms. The minimum absolute atomic E-state index is 0.0846. The van der Waals surface area contributed by atoms with Crippen molar-refractivity contribution in [3.63, 3.8) is 0 Å². The molecule has 0 aliphatic carbocycles. The van der Waals surface area contributed by atoms with Gasteiger partial charge in [0.15, 0.2) is 0 Å². The molecule has 0 aromatic carbocycles. The molecule has 1 amide bonds. The van der Waals surface area contributed by atoms with Gasteiger partial charge in [0.25, 0.3) is 0 Å². The Balaban J connectivity index is 1.70. The van der Waals surface area contributed by atoms with Crippen molar-refractivity contribution in [3.05, 3.63) is 0 Å². The smallest absolute Gasteiger partial charge is 0.306 e. The molecule has 0 saturated carbocycles. The van der Waals surface area contributed by atoms with E-state index in [1.54, 1.807) is 6.92 Å². The molecule has 2 aliphatic heterocycles. The molecule has 2 atom stereocenters. The summed E-state index contributed by atoms with van der Waals surface area (Å²) in [5, 5.41) is 3.03. The number of carbonyl (C=O) groups excluding carboxylic acids is 3. The Bertz CT molecular complexity index is 410. The zero-order valence-electron chi connectivity index (χ0n) is 12.6. The van der Waals surface area contributed by atoms with E-state index in [1.165, 1.54) is 0 Å². The van der Waals surface area contributed by atoms with E-state index in [4.69, 9.17) is 4.74 Å². The third-order valence-electron chi connectivity index (χ3n) is 4.22. The van der Waals surface area contributed by atoms with Gasteiger partial charge < -0.3 is 10.1 Å². The maximum Gasteiger partial charge on any atom is 0.306 e. The summed E-state index contributed by atoms with van der Waals surface area (Å²) >= 11 is 0. The Morgan fingerprint density at radius 1 is 1.33 bits per heavy atom. The zero-order valence-corrected chi connectivity index (χ0v) is 12.6. The van der Waals surface area contributed by atoms with Crippen LogP contribution in [0.2, 0.25) is 0 Å². The standard InChI is InChI=1S/C15H24N2O4/c1-2-21-15(20)6-4-12(18)10-17-8-7-13-11(9-17)3-5-14(19)16-13/h11,13H,2-10H2,1H3,(H,16,19). The van der Waals surface area contributed by atoms with Crippen molar-refractivity contribution in [2.75, 3.05) is 26.2 Å². The Labute approximate surface area is 125 Å². The van der Waals surface area contributed by atoms with Gasteiger partial charge >= 0.3 is 5.97 Å². The number of esters is 1. The van der Waals surface area contributed by atoms with Crippen LogP contribution in [0.4, 0.5) is 0 Å². The number of likely N-dealkylation sites (tertiary alicyclic amines) is 1. The van der Waals surface area contributed by atoms with Crippen molar-refractivity contribution in [2.45, 2.75) is 45.1 Å². The molecule has 0 aromatic rings. The number of ether oxygens (including phenoxy) is 1. The van der Waals surface area contributed by atoms with Gasteiger partial charge in [-0.2, -0.15) is 0 Å². The van der Waals surface area contributed by atoms with Crippen molar-refractivity contribution >= 4 is 17.7 Å². The van der Waals surface area contributed by atoms with Gasteiger partial charge in [-0.3, -0.25) is 19.3 Å². The highest BCUT2D eigenvalue weighted by Gasteiger charge is 2.34. The molecule has 0 aromatic heterocycles. The molecule has 2 unspecified atom stereocenters. The lowest BCUT2D eigenvalue weighted by molar-refractivity contribution is -0.144. The molecule has 6 nitrogen and oxygen atoms in total. The van der Waals surface area contributed by atoms with Gasteiger partial charge in [0.1, 0.15) is 5.78 Å². The second-order valence-corrected chi connectivity index (χ2v) is 5.84. The zero-order chi connectivity index (χ0) is 15.2. The highest BCUT2D eigenvalue weighted by atomic mass is 16.5. The molecule has 2 saturated heterocycles. The monoisotopic (exact) mass is 296 g/mol. The van der Waals surface area contributed by atoms with Gasteiger partial charge in [-0.25, -0.2) is 0 Å². The summed E-state index contributed by atoms with van der Waals surface area (Å²) < 4.78 is 4.82. The van der Waals surface area contributed by atoms with Crippen molar-refractivity contribution in [1.82, 2.24) is 10.2 Å². The second kappa shape index (κ2) is 7.54. The molecule has 2 heterocycles. The molecule has 0 spiro atoms. The molecular weight excluding hydrogens is 272 g/mol. The van der Waals surface area contributed by atoms with Crippen LogP contribution in [-0.2, 0) is 19.1 Å². The number of ketones is 1. The summed E-state index contributed by atoms with van der Waals surface area (Å²) in [4.78, 5) is 36.6. The fourth-order valence-electron chi connectivity index (χ4n) is 3.13. The number of fused-ring (bicyclic) bond motifs is 1. The maximum atomic E-state index is 11.9. The van der Waals surface area contributed by atoms with Crippen LogP contribution in [0.15, 0.2) is 0 Å². The summed E-state index contributed by atoms with van der Waals surface area (Å²) in [7, 11) is 0. The van der Waals surface area contributed by atoms with E-state index in [1.807, 2.05) is 0 Å². The number of rotatable bonds is 6. The predicted molar refractivity (Wildman–Crippen MR) is 76.6 cm³/mol. The van der Waals surface area contributed by atoms with E-state index in [0.29, 0.717) is 25.5 Å². The summed E-state index contributed by atoms with van der Waals surface area (Å²) in [6.07, 6.45) is 2.82. The summed E-state index contributed by atoms with van der Waals surface area (Å²) in [6, 6.07) is 0.275. The molecular formula is C15H24N2O4. The minimum atomic E-state index is -0.306. The van der Waals surface area contributed by atoms with E-state index < -0.39 is 0 Å². The minimum Gasteiger partial charge on any atom is -0.466 e. The number of hydrogen-bond donors (Lipinski definition) is 1. The van der Waals surface area contributed by atoms with Gasteiger partial charge in [-0.1, -0.05) is 0 Å². The van der Waals surface area contributed by atoms with E-state index in [2.05, 4.69) is 10.2 Å². The number of Topliss-reactive ketones (excluding diaryl/α,β-unsaturated/α-hetero) is 1. The van der Waals surface area contributed by atoms with Crippen LogP contribution >= 0.6 is 0 Å². The number of nitrogens with zero attached hydrogens (tertiary/aromatic N) is 1. The van der Waals surface area contributed by atoms with Gasteiger partial charge in [-0.05, 0) is 25.7 Å². The molecule has 2 aliphatic rings. The highest BCUT2D eigenvalue weighted by molar-refractivity contribution is 5.84.